The van der Waals surface area contributed by atoms with Crippen molar-refractivity contribution in [1.29, 1.82) is 0 Å². The zero-order valence-electron chi connectivity index (χ0n) is 16.3. The van der Waals surface area contributed by atoms with Gasteiger partial charge in [-0.2, -0.15) is 0 Å². The predicted molar refractivity (Wildman–Crippen MR) is 106 cm³/mol. The molecule has 0 N–H and O–H groups in total. The number of aryl methyl sites for hydroxylation is 1. The monoisotopic (exact) mass is 416 g/mol. The Kier molecular flexibility index (Phi) is 4.71. The highest BCUT2D eigenvalue weighted by atomic mass is 32.2. The van der Waals surface area contributed by atoms with Crippen molar-refractivity contribution in [3.8, 4) is 0 Å². The van der Waals surface area contributed by atoms with Crippen molar-refractivity contribution in [2.45, 2.75) is 37.1 Å². The predicted octanol–water partition coefficient (Wildman–Crippen LogP) is 3.59. The number of benzene rings is 2. The van der Waals surface area contributed by atoms with Gasteiger partial charge in [0, 0.05) is 24.4 Å². The molecule has 0 bridgehead atoms. The smallest absolute Gasteiger partial charge is 0.268 e. The van der Waals surface area contributed by atoms with Crippen LogP contribution in [0.15, 0.2) is 53.6 Å². The molecule has 4 rings (SSSR count). The first-order valence-corrected chi connectivity index (χ1v) is 10.6. The minimum absolute atomic E-state index is 0.127. The van der Waals surface area contributed by atoms with Crippen LogP contribution < -0.4 is 0 Å². The number of rotatable bonds is 5. The summed E-state index contributed by atoms with van der Waals surface area (Å²) in [4.78, 5) is 17.1. The van der Waals surface area contributed by atoms with Crippen LogP contribution in [0.3, 0.4) is 0 Å². The van der Waals surface area contributed by atoms with Gasteiger partial charge in [-0.25, -0.2) is 21.8 Å². The molecule has 1 amide bonds. The minimum atomic E-state index is -3.86. The Bertz CT molecular complexity index is 1200. The summed E-state index contributed by atoms with van der Waals surface area (Å²) in [6.45, 7) is 3.29. The molecule has 152 valence electrons. The normalized spacial score (nSPS) is 18.8. The zero-order chi connectivity index (χ0) is 20.9. The lowest BCUT2D eigenvalue weighted by Crippen LogP contribution is -2.30. The molecule has 8 heteroatoms. The summed E-state index contributed by atoms with van der Waals surface area (Å²) < 4.78 is 41.7. The van der Waals surface area contributed by atoms with E-state index in [0.717, 1.165) is 5.56 Å². The number of hydrogen-bond donors (Lipinski definition) is 0. The summed E-state index contributed by atoms with van der Waals surface area (Å²) in [7, 11) is -2.44. The minimum Gasteiger partial charge on any atom is -0.274 e. The Labute approximate surface area is 168 Å². The molecular weight excluding hydrogens is 395 g/mol. The lowest BCUT2D eigenvalue weighted by Gasteiger charge is -2.17. The van der Waals surface area contributed by atoms with Crippen molar-refractivity contribution in [2.75, 3.05) is 7.11 Å². The van der Waals surface area contributed by atoms with E-state index >= 15 is 0 Å². The lowest BCUT2D eigenvalue weighted by molar-refractivity contribution is -0.176. The molecule has 1 aliphatic rings. The third-order valence-electron chi connectivity index (χ3n) is 5.31. The van der Waals surface area contributed by atoms with Gasteiger partial charge in [0.05, 0.1) is 23.6 Å². The number of amides is 1. The van der Waals surface area contributed by atoms with Gasteiger partial charge in [-0.05, 0) is 49.2 Å². The topological polar surface area (TPSA) is 68.6 Å². The molecule has 29 heavy (non-hydrogen) atoms. The van der Waals surface area contributed by atoms with Crippen molar-refractivity contribution in [2.24, 2.45) is 0 Å². The molecule has 1 aliphatic carbocycles. The van der Waals surface area contributed by atoms with Gasteiger partial charge in [0.15, 0.2) is 0 Å². The van der Waals surface area contributed by atoms with E-state index < -0.39 is 15.8 Å². The van der Waals surface area contributed by atoms with Crippen molar-refractivity contribution in [1.82, 2.24) is 9.04 Å². The molecule has 6 nitrogen and oxygen atoms in total. The van der Waals surface area contributed by atoms with Crippen LogP contribution in [0.4, 0.5) is 4.39 Å². The molecule has 2 atom stereocenters. The Hall–Kier alpha value is -2.71. The fourth-order valence-corrected chi connectivity index (χ4v) is 5.17. The number of hydrogen-bond acceptors (Lipinski definition) is 4. The summed E-state index contributed by atoms with van der Waals surface area (Å²) in [6.07, 6.45) is 2.16. The molecule has 0 radical (unpaired) electrons. The van der Waals surface area contributed by atoms with E-state index in [2.05, 4.69) is 0 Å². The molecule has 0 spiro atoms. The van der Waals surface area contributed by atoms with Crippen LogP contribution in [-0.4, -0.2) is 36.5 Å². The summed E-state index contributed by atoms with van der Waals surface area (Å²) in [5.74, 6) is -0.809. The molecule has 1 saturated carbocycles. The number of nitrogens with zero attached hydrogens (tertiary/aromatic N) is 2. The Morgan fingerprint density at radius 3 is 2.52 bits per heavy atom. The molecule has 1 fully saturated rings. The van der Waals surface area contributed by atoms with Gasteiger partial charge in [-0.15, -0.1) is 0 Å². The van der Waals surface area contributed by atoms with Crippen LogP contribution in [0.2, 0.25) is 0 Å². The fraction of sp³-hybridized carbons (Fsp3) is 0.286. The second-order valence-electron chi connectivity index (χ2n) is 7.30. The van der Waals surface area contributed by atoms with Crippen molar-refractivity contribution in [3.63, 3.8) is 0 Å². The van der Waals surface area contributed by atoms with Gasteiger partial charge in [0.2, 0.25) is 5.91 Å². The Morgan fingerprint density at radius 1 is 1.21 bits per heavy atom. The standard InChI is InChI=1S/C21H21FN2O4S/c1-13-4-7-16(8-5-13)29(26,27)23-12-19(17-10-15(22)6-9-20(17)23)18-11-21(18)24(28-3)14(2)25/h4-10,12,18,21H,11H2,1-3H3/t18-,21+/m0/s1. The first kappa shape index (κ1) is 19.6. The maximum atomic E-state index is 14.0. The molecule has 2 aromatic carbocycles. The summed E-state index contributed by atoms with van der Waals surface area (Å²) >= 11 is 0. The fourth-order valence-electron chi connectivity index (χ4n) is 3.79. The molecule has 0 aliphatic heterocycles. The maximum absolute atomic E-state index is 14.0. The SMILES string of the molecule is CON(C(C)=O)[C@@H]1C[C@H]1c1cn(S(=O)(=O)c2ccc(C)cc2)c2ccc(F)cc12. The van der Waals surface area contributed by atoms with Crippen molar-refractivity contribution < 1.29 is 22.4 Å². The van der Waals surface area contributed by atoms with Crippen LogP contribution >= 0.6 is 0 Å². The molecule has 0 unspecified atom stereocenters. The second-order valence-corrected chi connectivity index (χ2v) is 9.11. The van der Waals surface area contributed by atoms with Gasteiger partial charge in [0.25, 0.3) is 10.0 Å². The van der Waals surface area contributed by atoms with E-state index in [4.69, 9.17) is 4.84 Å². The average Bonchev–Trinajstić information content (AvgIpc) is 3.34. The highest BCUT2D eigenvalue weighted by Gasteiger charge is 2.46. The Balaban J connectivity index is 1.83. The first-order chi connectivity index (χ1) is 13.7. The second kappa shape index (κ2) is 6.96. The van der Waals surface area contributed by atoms with Crippen LogP contribution in [0.25, 0.3) is 10.9 Å². The van der Waals surface area contributed by atoms with Crippen LogP contribution in [0.5, 0.6) is 0 Å². The van der Waals surface area contributed by atoms with E-state index in [9.17, 15) is 17.6 Å². The number of hydroxylamine groups is 2. The maximum Gasteiger partial charge on any atom is 0.268 e. The third kappa shape index (κ3) is 3.32. The van der Waals surface area contributed by atoms with E-state index in [0.29, 0.717) is 22.9 Å². The first-order valence-electron chi connectivity index (χ1n) is 9.20. The van der Waals surface area contributed by atoms with E-state index in [1.54, 1.807) is 24.3 Å². The highest BCUT2D eigenvalue weighted by Crippen LogP contribution is 2.48. The van der Waals surface area contributed by atoms with E-state index in [1.165, 1.54) is 47.5 Å². The molecule has 3 aromatic rings. The highest BCUT2D eigenvalue weighted by molar-refractivity contribution is 7.90. The largest absolute Gasteiger partial charge is 0.274 e. The zero-order valence-corrected chi connectivity index (χ0v) is 17.1. The van der Waals surface area contributed by atoms with Crippen molar-refractivity contribution in [3.05, 3.63) is 65.6 Å². The van der Waals surface area contributed by atoms with E-state index in [1.807, 2.05) is 6.92 Å². The van der Waals surface area contributed by atoms with Crippen LogP contribution in [0, 0.1) is 12.7 Å². The number of carbonyl (C=O) groups is 1. The number of aromatic nitrogens is 1. The molecule has 0 saturated heterocycles. The van der Waals surface area contributed by atoms with E-state index in [-0.39, 0.29) is 22.8 Å². The molecular formula is C21H21FN2O4S. The summed E-state index contributed by atoms with van der Waals surface area (Å²) in [6, 6.07) is 10.4. The number of carbonyl (C=O) groups excluding carboxylic acids is 1. The average molecular weight is 416 g/mol. The van der Waals surface area contributed by atoms with Crippen LogP contribution in [-0.2, 0) is 19.7 Å². The number of halogens is 1. The summed E-state index contributed by atoms with van der Waals surface area (Å²) in [5, 5.41) is 1.80. The number of fused-ring (bicyclic) bond motifs is 1. The molecule has 1 aromatic heterocycles. The molecule has 1 heterocycles. The Morgan fingerprint density at radius 2 is 1.90 bits per heavy atom. The van der Waals surface area contributed by atoms with Crippen molar-refractivity contribution >= 4 is 26.8 Å². The quantitative estimate of drug-likeness (QED) is 0.596. The van der Waals surface area contributed by atoms with Gasteiger partial charge < -0.3 is 0 Å². The van der Waals surface area contributed by atoms with Gasteiger partial charge in [-0.3, -0.25) is 9.63 Å². The van der Waals surface area contributed by atoms with Gasteiger partial charge in [-0.1, -0.05) is 17.7 Å². The lowest BCUT2D eigenvalue weighted by atomic mass is 10.1. The van der Waals surface area contributed by atoms with Crippen LogP contribution in [0.1, 0.15) is 30.4 Å². The van der Waals surface area contributed by atoms with Gasteiger partial charge in [0.1, 0.15) is 5.82 Å². The van der Waals surface area contributed by atoms with Gasteiger partial charge >= 0.3 is 0 Å². The third-order valence-corrected chi connectivity index (χ3v) is 6.99. The summed E-state index contributed by atoms with van der Waals surface area (Å²) in [5.41, 5.74) is 2.04.